The molecule has 1 rings (SSSR count). The monoisotopic (exact) mass is 193 g/mol. The van der Waals surface area contributed by atoms with Gasteiger partial charge >= 0.3 is 0 Å². The highest BCUT2D eigenvalue weighted by molar-refractivity contribution is 5.23. The molecule has 0 aliphatic heterocycles. The van der Waals surface area contributed by atoms with Crippen molar-refractivity contribution in [3.05, 3.63) is 35.4 Å². The first-order chi connectivity index (χ1) is 6.72. The Morgan fingerprint density at radius 3 is 2.29 bits per heavy atom. The maximum atomic E-state index is 8.68. The average molecular weight is 193 g/mol. The number of hydrogen-bond donors (Lipinski definition) is 2. The quantitative estimate of drug-likeness (QED) is 0.744. The fourth-order valence-electron chi connectivity index (χ4n) is 1.50. The van der Waals surface area contributed by atoms with E-state index in [1.807, 2.05) is 6.92 Å². The highest BCUT2D eigenvalue weighted by Crippen LogP contribution is 2.08. The van der Waals surface area contributed by atoms with Crippen LogP contribution in [0.1, 0.15) is 24.5 Å². The van der Waals surface area contributed by atoms with Crippen molar-refractivity contribution in [2.75, 3.05) is 6.61 Å². The molecule has 0 aliphatic carbocycles. The van der Waals surface area contributed by atoms with Crippen LogP contribution in [-0.4, -0.2) is 17.8 Å². The Hall–Kier alpha value is -0.860. The zero-order chi connectivity index (χ0) is 10.4. The summed E-state index contributed by atoms with van der Waals surface area (Å²) in [6.07, 6.45) is 2.72. The molecule has 14 heavy (non-hydrogen) atoms. The molecular formula is C12H19NO. The van der Waals surface area contributed by atoms with Gasteiger partial charge in [0.15, 0.2) is 0 Å². The fraction of sp³-hybridized carbons (Fsp3) is 0.500. The lowest BCUT2D eigenvalue weighted by molar-refractivity contribution is 0.288. The van der Waals surface area contributed by atoms with Gasteiger partial charge in [0.25, 0.3) is 0 Å². The highest BCUT2D eigenvalue weighted by Gasteiger charge is 1.98. The van der Waals surface area contributed by atoms with E-state index in [-0.39, 0.29) is 12.6 Å². The Morgan fingerprint density at radius 2 is 1.79 bits per heavy atom. The summed E-state index contributed by atoms with van der Waals surface area (Å²) in [4.78, 5) is 0. The van der Waals surface area contributed by atoms with Crippen LogP contribution in [0.3, 0.4) is 0 Å². The van der Waals surface area contributed by atoms with Crippen molar-refractivity contribution >= 4 is 0 Å². The van der Waals surface area contributed by atoms with Gasteiger partial charge < -0.3 is 10.8 Å². The lowest BCUT2D eigenvalue weighted by Crippen LogP contribution is -2.17. The minimum absolute atomic E-state index is 0.221. The Balaban J connectivity index is 2.50. The van der Waals surface area contributed by atoms with Crippen molar-refractivity contribution in [1.29, 1.82) is 0 Å². The van der Waals surface area contributed by atoms with Gasteiger partial charge in [-0.05, 0) is 37.3 Å². The van der Waals surface area contributed by atoms with Crippen LogP contribution in [0, 0.1) is 0 Å². The van der Waals surface area contributed by atoms with Crippen molar-refractivity contribution < 1.29 is 5.11 Å². The van der Waals surface area contributed by atoms with Crippen molar-refractivity contribution in [3.63, 3.8) is 0 Å². The number of aryl methyl sites for hydroxylation is 1. The summed E-state index contributed by atoms with van der Waals surface area (Å²) in [6.45, 7) is 2.28. The second-order valence-corrected chi connectivity index (χ2v) is 3.83. The maximum Gasteiger partial charge on any atom is 0.0434 e. The Kier molecular flexibility index (Phi) is 4.63. The molecule has 1 aromatic rings. The number of nitrogens with two attached hydrogens (primary N) is 1. The average Bonchev–Trinajstić information content (AvgIpc) is 2.16. The molecule has 78 valence electrons. The number of benzene rings is 1. The second-order valence-electron chi connectivity index (χ2n) is 3.83. The summed E-state index contributed by atoms with van der Waals surface area (Å²) in [5.74, 6) is 0. The first kappa shape index (κ1) is 11.2. The van der Waals surface area contributed by atoms with Crippen LogP contribution in [0.15, 0.2) is 24.3 Å². The van der Waals surface area contributed by atoms with Crippen LogP contribution in [0.5, 0.6) is 0 Å². The maximum absolute atomic E-state index is 8.68. The van der Waals surface area contributed by atoms with Crippen LogP contribution in [0.25, 0.3) is 0 Å². The van der Waals surface area contributed by atoms with E-state index in [4.69, 9.17) is 10.8 Å². The van der Waals surface area contributed by atoms with Crippen molar-refractivity contribution in [1.82, 2.24) is 0 Å². The fourth-order valence-corrected chi connectivity index (χ4v) is 1.50. The molecule has 1 atom stereocenters. The SMILES string of the molecule is CC(N)Cc1ccc(CCCO)cc1. The van der Waals surface area contributed by atoms with Gasteiger partial charge in [-0.3, -0.25) is 0 Å². The van der Waals surface area contributed by atoms with Gasteiger partial charge in [-0.1, -0.05) is 24.3 Å². The van der Waals surface area contributed by atoms with Crippen molar-refractivity contribution in [3.8, 4) is 0 Å². The topological polar surface area (TPSA) is 46.2 Å². The van der Waals surface area contributed by atoms with E-state index in [0.717, 1.165) is 19.3 Å². The van der Waals surface area contributed by atoms with Crippen molar-refractivity contribution in [2.45, 2.75) is 32.2 Å². The molecule has 2 heteroatoms. The first-order valence-electron chi connectivity index (χ1n) is 5.16. The third-order valence-electron chi connectivity index (χ3n) is 2.20. The van der Waals surface area contributed by atoms with Gasteiger partial charge in [0.05, 0.1) is 0 Å². The lowest BCUT2D eigenvalue weighted by atomic mass is 10.0. The van der Waals surface area contributed by atoms with E-state index in [1.165, 1.54) is 11.1 Å². The van der Waals surface area contributed by atoms with Crippen LogP contribution >= 0.6 is 0 Å². The Bertz CT molecular complexity index is 254. The van der Waals surface area contributed by atoms with Gasteiger partial charge in [0.1, 0.15) is 0 Å². The number of aliphatic hydroxyl groups is 1. The predicted molar refractivity (Wildman–Crippen MR) is 59.2 cm³/mol. The van der Waals surface area contributed by atoms with E-state index in [1.54, 1.807) is 0 Å². The third-order valence-corrected chi connectivity index (χ3v) is 2.20. The molecule has 0 heterocycles. The summed E-state index contributed by atoms with van der Waals surface area (Å²) in [6, 6.07) is 8.70. The number of hydrogen-bond acceptors (Lipinski definition) is 2. The first-order valence-corrected chi connectivity index (χ1v) is 5.16. The van der Waals surface area contributed by atoms with E-state index in [0.29, 0.717) is 0 Å². The lowest BCUT2D eigenvalue weighted by Gasteiger charge is -2.06. The largest absolute Gasteiger partial charge is 0.396 e. The molecule has 1 aromatic carbocycles. The predicted octanol–water partition coefficient (Wildman–Crippen LogP) is 1.50. The van der Waals surface area contributed by atoms with Crippen LogP contribution in [0.2, 0.25) is 0 Å². The number of rotatable bonds is 5. The summed E-state index contributed by atoms with van der Waals surface area (Å²) in [5.41, 5.74) is 8.28. The van der Waals surface area contributed by atoms with Gasteiger partial charge in [0.2, 0.25) is 0 Å². The molecule has 1 unspecified atom stereocenters. The molecule has 0 radical (unpaired) electrons. The zero-order valence-corrected chi connectivity index (χ0v) is 8.74. The summed E-state index contributed by atoms with van der Waals surface area (Å²) in [7, 11) is 0. The van der Waals surface area contributed by atoms with E-state index in [9.17, 15) is 0 Å². The van der Waals surface area contributed by atoms with Gasteiger partial charge in [-0.25, -0.2) is 0 Å². The second kappa shape index (κ2) is 5.78. The molecule has 0 fully saturated rings. The zero-order valence-electron chi connectivity index (χ0n) is 8.74. The van der Waals surface area contributed by atoms with E-state index in [2.05, 4.69) is 24.3 Å². The van der Waals surface area contributed by atoms with E-state index < -0.39 is 0 Å². The summed E-state index contributed by atoms with van der Waals surface area (Å²) < 4.78 is 0. The van der Waals surface area contributed by atoms with Crippen molar-refractivity contribution in [2.24, 2.45) is 5.73 Å². The van der Waals surface area contributed by atoms with E-state index >= 15 is 0 Å². The molecule has 2 nitrogen and oxygen atoms in total. The molecule has 0 spiro atoms. The highest BCUT2D eigenvalue weighted by atomic mass is 16.2. The molecule has 0 aromatic heterocycles. The minimum atomic E-state index is 0.221. The smallest absolute Gasteiger partial charge is 0.0434 e. The molecule has 0 bridgehead atoms. The molecule has 0 saturated carbocycles. The van der Waals surface area contributed by atoms with Crippen LogP contribution in [0.4, 0.5) is 0 Å². The molecule has 0 amide bonds. The molecule has 3 N–H and O–H groups in total. The van der Waals surface area contributed by atoms with Gasteiger partial charge in [-0.15, -0.1) is 0 Å². The standard InChI is InChI=1S/C12H19NO/c1-10(13)9-12-6-4-11(5-7-12)3-2-8-14/h4-7,10,14H,2-3,8-9,13H2,1H3. The molecule has 0 aliphatic rings. The van der Waals surface area contributed by atoms with Crippen LogP contribution < -0.4 is 5.73 Å². The number of aliphatic hydroxyl groups excluding tert-OH is 1. The Labute approximate surface area is 85.8 Å². The summed E-state index contributed by atoms with van der Waals surface area (Å²) >= 11 is 0. The van der Waals surface area contributed by atoms with Gasteiger partial charge in [0, 0.05) is 12.6 Å². The molecule has 0 saturated heterocycles. The normalized spacial score (nSPS) is 12.8. The third kappa shape index (κ3) is 3.90. The van der Waals surface area contributed by atoms with Gasteiger partial charge in [-0.2, -0.15) is 0 Å². The summed E-state index contributed by atoms with van der Waals surface area (Å²) in [5, 5.41) is 8.68. The minimum Gasteiger partial charge on any atom is -0.396 e. The van der Waals surface area contributed by atoms with Crippen LogP contribution in [-0.2, 0) is 12.8 Å². The Morgan fingerprint density at radius 1 is 1.21 bits per heavy atom. The molecular weight excluding hydrogens is 174 g/mol.